The number of benzene rings is 2. The van der Waals surface area contributed by atoms with Gasteiger partial charge in [-0.05, 0) is 55.8 Å². The molecule has 0 aliphatic carbocycles. The number of aryl methyl sites for hydroxylation is 2. The van der Waals surface area contributed by atoms with Crippen LogP contribution in [0.5, 0.6) is 0 Å². The van der Waals surface area contributed by atoms with E-state index in [1.807, 2.05) is 43.5 Å². The molecule has 0 spiro atoms. The molecule has 1 aromatic heterocycles. The van der Waals surface area contributed by atoms with Gasteiger partial charge in [0.05, 0.1) is 0 Å². The average molecular weight is 425 g/mol. The van der Waals surface area contributed by atoms with Crippen LogP contribution in [0, 0.1) is 13.8 Å². The highest BCUT2D eigenvalue weighted by molar-refractivity contribution is 8.01. The van der Waals surface area contributed by atoms with E-state index in [4.69, 9.17) is 0 Å². The van der Waals surface area contributed by atoms with Crippen LogP contribution in [0.1, 0.15) is 21.6 Å². The van der Waals surface area contributed by atoms with Crippen molar-refractivity contribution < 1.29 is 9.59 Å². The van der Waals surface area contributed by atoms with Crippen LogP contribution in [0.4, 0.5) is 16.2 Å². The summed E-state index contributed by atoms with van der Waals surface area (Å²) < 4.78 is 1.00. The third kappa shape index (κ3) is 4.44. The summed E-state index contributed by atoms with van der Waals surface area (Å²) in [6.45, 7) is 5.16. The lowest BCUT2D eigenvalue weighted by Gasteiger charge is -2.15. The molecule has 2 aromatic carbocycles. The summed E-state index contributed by atoms with van der Waals surface area (Å²) in [5.74, 6) is -0.203. The zero-order valence-corrected chi connectivity index (χ0v) is 17.7. The molecule has 1 fully saturated rings. The standard InChI is InChI=1S/C21H20N4O2S2/c1-13-10-17(29-21-23-14(2)12-28-21)6-7-18(13)24-19(26)15-4-3-5-16(11-15)25-9-8-22-20(25)27/h3-7,10-12H,8-9H2,1-2H3,(H,22,27)(H,24,26). The Balaban J connectivity index is 1.47. The summed E-state index contributed by atoms with van der Waals surface area (Å²) >= 11 is 3.24. The average Bonchev–Trinajstić information content (AvgIpc) is 3.32. The molecule has 29 heavy (non-hydrogen) atoms. The molecule has 0 radical (unpaired) electrons. The van der Waals surface area contributed by atoms with Gasteiger partial charge in [-0.3, -0.25) is 9.69 Å². The van der Waals surface area contributed by atoms with Crippen LogP contribution in [0.3, 0.4) is 0 Å². The minimum Gasteiger partial charge on any atom is -0.336 e. The third-order valence-electron chi connectivity index (χ3n) is 4.53. The van der Waals surface area contributed by atoms with Gasteiger partial charge in [-0.25, -0.2) is 9.78 Å². The topological polar surface area (TPSA) is 74.3 Å². The predicted molar refractivity (Wildman–Crippen MR) is 117 cm³/mol. The Hall–Kier alpha value is -2.84. The maximum atomic E-state index is 12.7. The van der Waals surface area contributed by atoms with Crippen molar-refractivity contribution in [3.8, 4) is 0 Å². The van der Waals surface area contributed by atoms with E-state index >= 15 is 0 Å². The fourth-order valence-electron chi connectivity index (χ4n) is 3.05. The first-order valence-corrected chi connectivity index (χ1v) is 10.9. The summed E-state index contributed by atoms with van der Waals surface area (Å²) in [6, 6.07) is 12.9. The minimum atomic E-state index is -0.203. The van der Waals surface area contributed by atoms with E-state index in [2.05, 4.69) is 15.6 Å². The highest BCUT2D eigenvalue weighted by atomic mass is 32.2. The van der Waals surface area contributed by atoms with E-state index in [0.717, 1.165) is 31.9 Å². The number of hydrogen-bond acceptors (Lipinski definition) is 5. The fourth-order valence-corrected chi connectivity index (χ4v) is 4.96. The van der Waals surface area contributed by atoms with E-state index in [1.54, 1.807) is 46.2 Å². The first kappa shape index (κ1) is 19.5. The molecule has 6 nitrogen and oxygen atoms in total. The second kappa shape index (κ2) is 8.26. The van der Waals surface area contributed by atoms with E-state index in [-0.39, 0.29) is 11.9 Å². The molecule has 0 unspecified atom stereocenters. The summed E-state index contributed by atoms with van der Waals surface area (Å²) in [4.78, 5) is 31.8. The fraction of sp³-hybridized carbons (Fsp3) is 0.190. The number of nitrogens with zero attached hydrogens (tertiary/aromatic N) is 2. The van der Waals surface area contributed by atoms with Gasteiger partial charge in [0.1, 0.15) is 0 Å². The van der Waals surface area contributed by atoms with E-state index < -0.39 is 0 Å². The second-order valence-corrected chi connectivity index (χ2v) is 8.90. The van der Waals surface area contributed by atoms with Gasteiger partial charge in [0.2, 0.25) is 0 Å². The molecule has 2 N–H and O–H groups in total. The van der Waals surface area contributed by atoms with Gasteiger partial charge in [0.15, 0.2) is 4.34 Å². The van der Waals surface area contributed by atoms with Crippen molar-refractivity contribution in [1.82, 2.24) is 10.3 Å². The van der Waals surface area contributed by atoms with Crippen molar-refractivity contribution in [2.45, 2.75) is 23.1 Å². The number of amides is 3. The highest BCUT2D eigenvalue weighted by Crippen LogP contribution is 2.32. The Morgan fingerprint density at radius 1 is 1.24 bits per heavy atom. The smallest absolute Gasteiger partial charge is 0.321 e. The van der Waals surface area contributed by atoms with Crippen molar-refractivity contribution in [3.05, 3.63) is 64.7 Å². The van der Waals surface area contributed by atoms with Crippen LogP contribution in [-0.4, -0.2) is 30.0 Å². The quantitative estimate of drug-likeness (QED) is 0.623. The second-order valence-electron chi connectivity index (χ2n) is 6.72. The maximum Gasteiger partial charge on any atom is 0.321 e. The normalized spacial score (nSPS) is 13.4. The Bertz CT molecular complexity index is 1080. The maximum absolute atomic E-state index is 12.7. The Morgan fingerprint density at radius 3 is 2.79 bits per heavy atom. The molecular weight excluding hydrogens is 404 g/mol. The van der Waals surface area contributed by atoms with Gasteiger partial charge in [-0.15, -0.1) is 11.3 Å². The lowest BCUT2D eigenvalue weighted by Crippen LogP contribution is -2.27. The van der Waals surface area contributed by atoms with Crippen LogP contribution in [0.15, 0.2) is 57.1 Å². The lowest BCUT2D eigenvalue weighted by molar-refractivity contribution is 0.102. The molecule has 0 atom stereocenters. The van der Waals surface area contributed by atoms with Gasteiger partial charge in [0.25, 0.3) is 5.91 Å². The zero-order chi connectivity index (χ0) is 20.4. The number of carbonyl (C=O) groups excluding carboxylic acids is 2. The van der Waals surface area contributed by atoms with Gasteiger partial charge in [-0.1, -0.05) is 17.8 Å². The van der Waals surface area contributed by atoms with Crippen LogP contribution in [0.2, 0.25) is 0 Å². The van der Waals surface area contributed by atoms with Gasteiger partial charge in [-0.2, -0.15) is 0 Å². The zero-order valence-electron chi connectivity index (χ0n) is 16.1. The molecule has 1 aliphatic heterocycles. The summed E-state index contributed by atoms with van der Waals surface area (Å²) in [7, 11) is 0. The Kier molecular flexibility index (Phi) is 5.55. The van der Waals surface area contributed by atoms with Crippen molar-refractivity contribution in [2.75, 3.05) is 23.3 Å². The van der Waals surface area contributed by atoms with Crippen molar-refractivity contribution in [3.63, 3.8) is 0 Å². The van der Waals surface area contributed by atoms with Gasteiger partial charge in [0, 0.05) is 46.0 Å². The number of thiazole rings is 1. The number of anilines is 2. The highest BCUT2D eigenvalue weighted by Gasteiger charge is 2.21. The monoisotopic (exact) mass is 424 g/mol. The SMILES string of the molecule is Cc1csc(Sc2ccc(NC(=O)c3cccc(N4CCNC4=O)c3)c(C)c2)n1. The molecule has 2 heterocycles. The Labute approximate surface area is 177 Å². The van der Waals surface area contributed by atoms with Crippen molar-refractivity contribution in [1.29, 1.82) is 0 Å². The van der Waals surface area contributed by atoms with Gasteiger partial charge < -0.3 is 10.6 Å². The molecule has 3 aromatic rings. The summed E-state index contributed by atoms with van der Waals surface area (Å²) in [5.41, 5.74) is 3.99. The molecule has 1 aliphatic rings. The van der Waals surface area contributed by atoms with Gasteiger partial charge >= 0.3 is 6.03 Å². The van der Waals surface area contributed by atoms with Crippen LogP contribution in [0.25, 0.3) is 0 Å². The van der Waals surface area contributed by atoms with E-state index in [0.29, 0.717) is 18.7 Å². The lowest BCUT2D eigenvalue weighted by atomic mass is 10.1. The van der Waals surface area contributed by atoms with Crippen molar-refractivity contribution >= 4 is 46.4 Å². The number of aromatic nitrogens is 1. The minimum absolute atomic E-state index is 0.137. The molecule has 0 saturated carbocycles. The molecule has 1 saturated heterocycles. The number of hydrogen-bond donors (Lipinski definition) is 2. The predicted octanol–water partition coefficient (Wildman–Crippen LogP) is 4.69. The largest absolute Gasteiger partial charge is 0.336 e. The van der Waals surface area contributed by atoms with E-state index in [9.17, 15) is 9.59 Å². The molecular formula is C21H20N4O2S2. The molecule has 3 amide bonds. The summed E-state index contributed by atoms with van der Waals surface area (Å²) in [6.07, 6.45) is 0. The molecule has 0 bridgehead atoms. The Morgan fingerprint density at radius 2 is 2.10 bits per heavy atom. The van der Waals surface area contributed by atoms with Crippen LogP contribution >= 0.6 is 23.1 Å². The first-order chi connectivity index (χ1) is 14.0. The van der Waals surface area contributed by atoms with Crippen molar-refractivity contribution in [2.24, 2.45) is 0 Å². The molecule has 8 heteroatoms. The summed E-state index contributed by atoms with van der Waals surface area (Å²) in [5, 5.41) is 7.77. The number of urea groups is 1. The molecule has 148 valence electrons. The third-order valence-corrected chi connectivity index (χ3v) is 6.57. The molecule has 4 rings (SSSR count). The van der Waals surface area contributed by atoms with Crippen LogP contribution < -0.4 is 15.5 Å². The first-order valence-electron chi connectivity index (χ1n) is 9.17. The van der Waals surface area contributed by atoms with E-state index in [1.165, 1.54) is 0 Å². The number of rotatable bonds is 5. The number of carbonyl (C=O) groups is 2. The van der Waals surface area contributed by atoms with Crippen LogP contribution in [-0.2, 0) is 0 Å². The number of nitrogens with one attached hydrogen (secondary N) is 2.